The van der Waals surface area contributed by atoms with Gasteiger partial charge >= 0.3 is 5.97 Å². The number of rotatable bonds is 1. The molecule has 7 aliphatic rings. The van der Waals surface area contributed by atoms with Crippen LogP contribution in [0.25, 0.3) is 0 Å². The molecule has 4 unspecified atom stereocenters. The van der Waals surface area contributed by atoms with Crippen molar-refractivity contribution in [2.75, 3.05) is 0 Å². The van der Waals surface area contributed by atoms with Crippen molar-refractivity contribution < 1.29 is 9.90 Å². The van der Waals surface area contributed by atoms with Gasteiger partial charge in [0.05, 0.1) is 5.41 Å². The van der Waals surface area contributed by atoms with E-state index in [9.17, 15) is 9.90 Å². The van der Waals surface area contributed by atoms with Gasteiger partial charge in [0.25, 0.3) is 0 Å². The van der Waals surface area contributed by atoms with Crippen LogP contribution >= 0.6 is 0 Å². The zero-order valence-electron chi connectivity index (χ0n) is 8.47. The highest BCUT2D eigenvalue weighted by molar-refractivity contribution is 5.79. The molecule has 0 heterocycles. The molecule has 0 saturated heterocycles. The summed E-state index contributed by atoms with van der Waals surface area (Å²) in [6, 6.07) is 0. The van der Waals surface area contributed by atoms with Crippen LogP contribution in [0.15, 0.2) is 0 Å². The van der Waals surface area contributed by atoms with Crippen LogP contribution in [0, 0.1) is 58.7 Å². The highest BCUT2D eigenvalue weighted by Gasteiger charge is 2.92. The fraction of sp³-hybridized carbons (Fsp3) is 0.923. The summed E-state index contributed by atoms with van der Waals surface area (Å²) in [4.78, 5) is 11.7. The van der Waals surface area contributed by atoms with Gasteiger partial charge in [-0.05, 0) is 66.1 Å². The molecule has 10 atom stereocenters. The van der Waals surface area contributed by atoms with E-state index < -0.39 is 5.97 Å². The molecule has 15 heavy (non-hydrogen) atoms. The van der Waals surface area contributed by atoms with E-state index in [-0.39, 0.29) is 5.41 Å². The van der Waals surface area contributed by atoms with Crippen molar-refractivity contribution in [1.82, 2.24) is 0 Å². The first kappa shape index (κ1) is 6.93. The summed E-state index contributed by atoms with van der Waals surface area (Å²) < 4.78 is 0. The Bertz CT molecular complexity index is 434. The molecule has 0 aromatic carbocycles. The lowest BCUT2D eigenvalue weighted by molar-refractivity contribution is -0.156. The summed E-state index contributed by atoms with van der Waals surface area (Å²) in [6.07, 6.45) is 2.50. The van der Waals surface area contributed by atoms with Gasteiger partial charge in [0, 0.05) is 0 Å². The third-order valence-electron chi connectivity index (χ3n) is 7.77. The van der Waals surface area contributed by atoms with Gasteiger partial charge in [-0.2, -0.15) is 0 Å². The highest BCUT2D eigenvalue weighted by Crippen LogP contribution is 2.94. The summed E-state index contributed by atoms with van der Waals surface area (Å²) in [7, 11) is 0. The third kappa shape index (κ3) is 0.357. The SMILES string of the molecule is O=C(O)[C@]12C[C@@H]3[C@@H]4C1C1C[C@@H]4[C@@H]4C1C2[C@H]34. The normalized spacial score (nSPS) is 82.3. The summed E-state index contributed by atoms with van der Waals surface area (Å²) in [5, 5.41) is 9.68. The Morgan fingerprint density at radius 3 is 2.60 bits per heavy atom. The Morgan fingerprint density at radius 1 is 1.00 bits per heavy atom. The molecule has 1 N–H and O–H groups in total. The van der Waals surface area contributed by atoms with E-state index in [0.29, 0.717) is 11.8 Å². The number of carboxylic acids is 1. The van der Waals surface area contributed by atoms with E-state index in [1.54, 1.807) is 0 Å². The van der Waals surface area contributed by atoms with E-state index in [1.165, 1.54) is 6.42 Å². The lowest BCUT2D eigenvalue weighted by Gasteiger charge is -2.46. The summed E-state index contributed by atoms with van der Waals surface area (Å²) in [5.41, 5.74) is -0.197. The van der Waals surface area contributed by atoms with Crippen LogP contribution in [0.5, 0.6) is 0 Å². The van der Waals surface area contributed by atoms with Crippen molar-refractivity contribution in [2.45, 2.75) is 12.8 Å². The van der Waals surface area contributed by atoms with Crippen LogP contribution in [0.2, 0.25) is 0 Å². The molecule has 0 aliphatic heterocycles. The molecular weight excluding hydrogens is 188 g/mol. The first-order valence-electron chi connectivity index (χ1n) is 6.50. The number of carboxylic acid groups (broad SMARTS) is 1. The topological polar surface area (TPSA) is 37.3 Å². The zero-order valence-corrected chi connectivity index (χ0v) is 8.47. The van der Waals surface area contributed by atoms with Crippen molar-refractivity contribution >= 4 is 5.97 Å². The minimum Gasteiger partial charge on any atom is -0.481 e. The minimum atomic E-state index is -0.416. The van der Waals surface area contributed by atoms with E-state index in [1.807, 2.05) is 0 Å². The van der Waals surface area contributed by atoms with Crippen LogP contribution in [0.4, 0.5) is 0 Å². The molecule has 4 bridgehead atoms. The molecule has 0 aromatic heterocycles. The minimum absolute atomic E-state index is 0.197. The Kier molecular flexibility index (Phi) is 0.689. The van der Waals surface area contributed by atoms with Crippen molar-refractivity contribution in [2.24, 2.45) is 58.7 Å². The zero-order chi connectivity index (χ0) is 9.69. The van der Waals surface area contributed by atoms with Crippen LogP contribution in [-0.4, -0.2) is 11.1 Å². The largest absolute Gasteiger partial charge is 0.481 e. The number of hydrogen-bond donors (Lipinski definition) is 1. The first-order valence-corrected chi connectivity index (χ1v) is 6.50. The molecule has 7 fully saturated rings. The van der Waals surface area contributed by atoms with Crippen LogP contribution in [-0.2, 0) is 4.79 Å². The molecular formula is C13H14O2. The molecule has 7 rings (SSSR count). The van der Waals surface area contributed by atoms with Gasteiger partial charge in [-0.1, -0.05) is 0 Å². The maximum Gasteiger partial charge on any atom is 0.310 e. The van der Waals surface area contributed by atoms with Gasteiger partial charge in [-0.25, -0.2) is 0 Å². The van der Waals surface area contributed by atoms with Crippen molar-refractivity contribution in [3.8, 4) is 0 Å². The molecule has 2 nitrogen and oxygen atoms in total. The van der Waals surface area contributed by atoms with E-state index in [2.05, 4.69) is 0 Å². The highest BCUT2D eigenvalue weighted by atomic mass is 16.4. The Morgan fingerprint density at radius 2 is 1.80 bits per heavy atom. The molecule has 0 radical (unpaired) electrons. The summed E-state index contributed by atoms with van der Waals surface area (Å²) in [5.74, 6) is 7.20. The van der Waals surface area contributed by atoms with Gasteiger partial charge in [0.1, 0.15) is 0 Å². The van der Waals surface area contributed by atoms with Crippen molar-refractivity contribution in [3.63, 3.8) is 0 Å². The number of carbonyl (C=O) groups is 1. The smallest absolute Gasteiger partial charge is 0.310 e. The second-order valence-corrected chi connectivity index (χ2v) is 7.14. The third-order valence-corrected chi connectivity index (χ3v) is 7.77. The molecule has 0 aromatic rings. The van der Waals surface area contributed by atoms with Crippen molar-refractivity contribution in [3.05, 3.63) is 0 Å². The second kappa shape index (κ2) is 1.49. The second-order valence-electron chi connectivity index (χ2n) is 7.14. The average molecular weight is 202 g/mol. The van der Waals surface area contributed by atoms with E-state index >= 15 is 0 Å². The van der Waals surface area contributed by atoms with E-state index in [0.717, 1.165) is 47.8 Å². The maximum atomic E-state index is 11.7. The van der Waals surface area contributed by atoms with Gasteiger partial charge < -0.3 is 5.11 Å². The quantitative estimate of drug-likeness (QED) is 0.699. The van der Waals surface area contributed by atoms with E-state index in [4.69, 9.17) is 0 Å². The van der Waals surface area contributed by atoms with Gasteiger partial charge in [-0.3, -0.25) is 4.79 Å². The van der Waals surface area contributed by atoms with Crippen molar-refractivity contribution in [1.29, 1.82) is 0 Å². The molecule has 0 amide bonds. The fourth-order valence-electron chi connectivity index (χ4n) is 8.28. The Hall–Kier alpha value is -0.530. The lowest BCUT2D eigenvalue weighted by Crippen LogP contribution is -2.47. The van der Waals surface area contributed by atoms with Gasteiger partial charge in [0.2, 0.25) is 0 Å². The molecule has 7 aliphatic carbocycles. The monoisotopic (exact) mass is 202 g/mol. The predicted molar refractivity (Wildman–Crippen MR) is 50.7 cm³/mol. The first-order chi connectivity index (χ1) is 7.27. The Balaban J connectivity index is 1.75. The predicted octanol–water partition coefficient (Wildman–Crippen LogP) is 1.47. The number of aliphatic carboxylic acids is 1. The molecule has 7 saturated carbocycles. The summed E-state index contributed by atoms with van der Waals surface area (Å²) >= 11 is 0. The molecule has 0 spiro atoms. The maximum absolute atomic E-state index is 11.7. The van der Waals surface area contributed by atoms with Crippen LogP contribution in [0.1, 0.15) is 12.8 Å². The fourth-order valence-corrected chi connectivity index (χ4v) is 8.28. The lowest BCUT2D eigenvalue weighted by atomic mass is 9.57. The number of hydrogen-bond acceptors (Lipinski definition) is 1. The summed E-state index contributed by atoms with van der Waals surface area (Å²) in [6.45, 7) is 0. The standard InChI is InChI=1S/C13H14O2/c14-12(15)13-2-5-6-3-1-4(10(6)13)8-7(3)9(5)11(8)13/h3-11H,1-2H2,(H,14,15)/t3-,4?,5+,6+,7+,8?,9+,10?,11?,13+/m0/s1. The Labute approximate surface area is 88.0 Å². The van der Waals surface area contributed by atoms with Gasteiger partial charge in [0.15, 0.2) is 0 Å². The van der Waals surface area contributed by atoms with Gasteiger partial charge in [-0.15, -0.1) is 0 Å². The molecule has 2 heteroatoms. The average Bonchev–Trinajstić information content (AvgIpc) is 2.70. The van der Waals surface area contributed by atoms with Crippen LogP contribution < -0.4 is 0 Å². The molecule has 78 valence electrons. The van der Waals surface area contributed by atoms with Crippen LogP contribution in [0.3, 0.4) is 0 Å².